The molecule has 3 N–H and O–H groups in total. The average molecular weight is 282 g/mol. The predicted molar refractivity (Wildman–Crippen MR) is 79.8 cm³/mol. The number of hydrogen-bond acceptors (Lipinski definition) is 3. The number of benzene rings is 1. The second kappa shape index (κ2) is 7.12. The number of unbranched alkanes of at least 4 members (excludes halogenated alkanes) is 2. The molecule has 0 heterocycles. The summed E-state index contributed by atoms with van der Waals surface area (Å²) in [7, 11) is 0. The maximum Gasteiger partial charge on any atom is 0.340 e. The van der Waals surface area contributed by atoms with Crippen LogP contribution in [0.15, 0.2) is 12.1 Å². The van der Waals surface area contributed by atoms with Crippen molar-refractivity contribution < 1.29 is 14.3 Å². The van der Waals surface area contributed by atoms with Crippen molar-refractivity contribution in [3.63, 3.8) is 0 Å². The summed E-state index contributed by atoms with van der Waals surface area (Å²) in [6, 6.07) is 2.85. The molecule has 0 spiro atoms. The van der Waals surface area contributed by atoms with Crippen LogP contribution in [0, 0.1) is 5.82 Å². The first kappa shape index (κ1) is 16.3. The van der Waals surface area contributed by atoms with Gasteiger partial charge in [-0.05, 0) is 32.4 Å². The van der Waals surface area contributed by atoms with E-state index in [1.54, 1.807) is 0 Å². The van der Waals surface area contributed by atoms with E-state index in [-0.39, 0.29) is 17.3 Å². The van der Waals surface area contributed by atoms with Crippen LogP contribution < -0.4 is 10.6 Å². The van der Waals surface area contributed by atoms with Crippen LogP contribution in [0.4, 0.5) is 15.8 Å². The summed E-state index contributed by atoms with van der Waals surface area (Å²) < 4.78 is 13.5. The van der Waals surface area contributed by atoms with Crippen molar-refractivity contribution in [1.29, 1.82) is 0 Å². The molecule has 0 saturated carbocycles. The number of hydrogen-bond donors (Lipinski definition) is 2. The van der Waals surface area contributed by atoms with Crippen LogP contribution in [0.3, 0.4) is 0 Å². The first-order valence-corrected chi connectivity index (χ1v) is 6.98. The summed E-state index contributed by atoms with van der Waals surface area (Å²) in [6.07, 6.45) is 3.12. The highest BCUT2D eigenvalue weighted by molar-refractivity contribution is 6.00. The van der Waals surface area contributed by atoms with Gasteiger partial charge >= 0.3 is 5.97 Å². The molecule has 0 bridgehead atoms. The van der Waals surface area contributed by atoms with Crippen LogP contribution in [0.2, 0.25) is 0 Å². The molecule has 0 atom stereocenters. The molecule has 0 aromatic heterocycles. The van der Waals surface area contributed by atoms with E-state index in [0.717, 1.165) is 25.8 Å². The second-order valence-electron chi connectivity index (χ2n) is 5.15. The topological polar surface area (TPSA) is 66.6 Å². The van der Waals surface area contributed by atoms with E-state index in [9.17, 15) is 14.3 Å². The smallest absolute Gasteiger partial charge is 0.340 e. The number of carboxylic acids is 1. The van der Waals surface area contributed by atoms with Crippen LogP contribution in [0.25, 0.3) is 0 Å². The van der Waals surface area contributed by atoms with Crippen molar-refractivity contribution in [2.75, 3.05) is 17.2 Å². The Morgan fingerprint density at radius 3 is 2.55 bits per heavy atom. The number of halogens is 1. The van der Waals surface area contributed by atoms with Gasteiger partial charge in [-0.15, -0.1) is 0 Å². The van der Waals surface area contributed by atoms with Gasteiger partial charge in [0.1, 0.15) is 11.4 Å². The Hall–Kier alpha value is -1.78. The van der Waals surface area contributed by atoms with Gasteiger partial charge in [0.2, 0.25) is 0 Å². The van der Waals surface area contributed by atoms with Gasteiger partial charge in [0.05, 0.1) is 11.4 Å². The van der Waals surface area contributed by atoms with Crippen molar-refractivity contribution in [3.05, 3.63) is 23.5 Å². The summed E-state index contributed by atoms with van der Waals surface area (Å²) in [5.74, 6) is -1.89. The molecule has 0 aliphatic rings. The standard InChI is InChI=1S/C15H23FN2O2/c1-4-5-6-9-18(10(2)3)12-8-7-11(16)14(17)13(12)15(19)20/h7-8,10H,4-6,9,17H2,1-3H3,(H,19,20). The van der Waals surface area contributed by atoms with E-state index >= 15 is 0 Å². The molecule has 0 saturated heterocycles. The van der Waals surface area contributed by atoms with Gasteiger partial charge in [-0.3, -0.25) is 0 Å². The number of carbonyl (C=O) groups is 1. The van der Waals surface area contributed by atoms with E-state index < -0.39 is 11.8 Å². The van der Waals surface area contributed by atoms with E-state index in [1.807, 2.05) is 18.7 Å². The molecule has 112 valence electrons. The number of anilines is 2. The quantitative estimate of drug-likeness (QED) is 0.593. The minimum atomic E-state index is -1.20. The normalized spacial score (nSPS) is 10.8. The lowest BCUT2D eigenvalue weighted by Crippen LogP contribution is -2.33. The fourth-order valence-electron chi connectivity index (χ4n) is 2.24. The van der Waals surface area contributed by atoms with Gasteiger partial charge in [-0.1, -0.05) is 19.8 Å². The van der Waals surface area contributed by atoms with Crippen molar-refractivity contribution in [1.82, 2.24) is 0 Å². The summed E-state index contributed by atoms with van der Waals surface area (Å²) in [5, 5.41) is 9.30. The number of nitrogens with zero attached hydrogens (tertiary/aromatic N) is 1. The minimum absolute atomic E-state index is 0.120. The predicted octanol–water partition coefficient (Wildman–Crippen LogP) is 3.51. The molecule has 1 aromatic carbocycles. The van der Waals surface area contributed by atoms with Gasteiger partial charge in [-0.2, -0.15) is 0 Å². The lowest BCUT2D eigenvalue weighted by molar-refractivity contribution is 0.0698. The molecule has 0 fully saturated rings. The lowest BCUT2D eigenvalue weighted by atomic mass is 10.1. The fourth-order valence-corrected chi connectivity index (χ4v) is 2.24. The lowest BCUT2D eigenvalue weighted by Gasteiger charge is -2.30. The Kier molecular flexibility index (Phi) is 5.80. The number of nitrogen functional groups attached to an aromatic ring is 1. The first-order valence-electron chi connectivity index (χ1n) is 6.98. The van der Waals surface area contributed by atoms with Crippen molar-refractivity contribution in [2.45, 2.75) is 46.1 Å². The van der Waals surface area contributed by atoms with Gasteiger partial charge in [-0.25, -0.2) is 9.18 Å². The Bertz CT molecular complexity index is 475. The summed E-state index contributed by atoms with van der Waals surface area (Å²) in [4.78, 5) is 13.3. The van der Waals surface area contributed by atoms with Crippen LogP contribution in [-0.2, 0) is 0 Å². The van der Waals surface area contributed by atoms with Gasteiger partial charge < -0.3 is 15.7 Å². The first-order chi connectivity index (χ1) is 9.40. The molecule has 1 rings (SSSR count). The minimum Gasteiger partial charge on any atom is -0.478 e. The molecule has 0 unspecified atom stereocenters. The second-order valence-corrected chi connectivity index (χ2v) is 5.15. The van der Waals surface area contributed by atoms with E-state index in [0.29, 0.717) is 5.69 Å². The number of nitrogens with two attached hydrogens (primary N) is 1. The van der Waals surface area contributed by atoms with Gasteiger partial charge in [0.15, 0.2) is 0 Å². The molecule has 0 aliphatic carbocycles. The van der Waals surface area contributed by atoms with Crippen molar-refractivity contribution in [3.8, 4) is 0 Å². The number of aromatic carboxylic acids is 1. The highest BCUT2D eigenvalue weighted by atomic mass is 19.1. The van der Waals surface area contributed by atoms with Crippen LogP contribution in [-0.4, -0.2) is 23.7 Å². The number of rotatable bonds is 7. The van der Waals surface area contributed by atoms with Crippen LogP contribution in [0.5, 0.6) is 0 Å². The van der Waals surface area contributed by atoms with Crippen LogP contribution in [0.1, 0.15) is 50.4 Å². The molecule has 0 aliphatic heterocycles. The molecular formula is C15H23FN2O2. The largest absolute Gasteiger partial charge is 0.478 e. The third kappa shape index (κ3) is 3.62. The Balaban J connectivity index is 3.19. The summed E-state index contributed by atoms with van der Waals surface area (Å²) in [5.41, 5.74) is 5.64. The SMILES string of the molecule is CCCCCN(c1ccc(F)c(N)c1C(=O)O)C(C)C. The Morgan fingerprint density at radius 2 is 2.05 bits per heavy atom. The fraction of sp³-hybridized carbons (Fsp3) is 0.533. The van der Waals surface area contributed by atoms with Gasteiger partial charge in [0.25, 0.3) is 0 Å². The zero-order valence-corrected chi connectivity index (χ0v) is 12.3. The average Bonchev–Trinajstić information content (AvgIpc) is 2.37. The highest BCUT2D eigenvalue weighted by Crippen LogP contribution is 2.30. The Labute approximate surface area is 119 Å². The van der Waals surface area contributed by atoms with E-state index in [1.165, 1.54) is 12.1 Å². The van der Waals surface area contributed by atoms with Crippen LogP contribution >= 0.6 is 0 Å². The molecule has 1 aromatic rings. The maximum absolute atomic E-state index is 13.5. The molecule has 0 radical (unpaired) electrons. The zero-order chi connectivity index (χ0) is 15.3. The van der Waals surface area contributed by atoms with Crippen molar-refractivity contribution >= 4 is 17.3 Å². The molecular weight excluding hydrogens is 259 g/mol. The number of carboxylic acid groups (broad SMARTS) is 1. The molecule has 4 nitrogen and oxygen atoms in total. The highest BCUT2D eigenvalue weighted by Gasteiger charge is 2.22. The summed E-state index contributed by atoms with van der Waals surface area (Å²) in [6.45, 7) is 6.81. The Morgan fingerprint density at radius 1 is 1.40 bits per heavy atom. The third-order valence-corrected chi connectivity index (χ3v) is 3.32. The monoisotopic (exact) mass is 282 g/mol. The summed E-state index contributed by atoms with van der Waals surface area (Å²) >= 11 is 0. The maximum atomic E-state index is 13.5. The van der Waals surface area contributed by atoms with Gasteiger partial charge in [0, 0.05) is 12.6 Å². The van der Waals surface area contributed by atoms with Crippen molar-refractivity contribution in [2.24, 2.45) is 0 Å². The molecule has 20 heavy (non-hydrogen) atoms. The van der Waals surface area contributed by atoms with E-state index in [4.69, 9.17) is 5.73 Å². The third-order valence-electron chi connectivity index (χ3n) is 3.32. The molecule has 5 heteroatoms. The molecule has 0 amide bonds. The zero-order valence-electron chi connectivity index (χ0n) is 12.3. The van der Waals surface area contributed by atoms with E-state index in [2.05, 4.69) is 6.92 Å².